The van der Waals surface area contributed by atoms with Gasteiger partial charge in [0.1, 0.15) is 11.2 Å². The molecule has 1 aromatic heterocycles. The second-order valence-corrected chi connectivity index (χ2v) is 8.93. The van der Waals surface area contributed by atoms with Crippen LogP contribution in [0.1, 0.15) is 0 Å². The van der Waals surface area contributed by atoms with Gasteiger partial charge in [-0.05, 0) is 52.4 Å². The molecule has 0 spiro atoms. The fourth-order valence-corrected chi connectivity index (χ4v) is 5.90. The monoisotopic (exact) mass is 419 g/mol. The van der Waals surface area contributed by atoms with Crippen molar-refractivity contribution >= 4 is 51.1 Å². The van der Waals surface area contributed by atoms with E-state index < -0.39 is 0 Å². The van der Waals surface area contributed by atoms with Gasteiger partial charge in [0.15, 0.2) is 0 Å². The quantitative estimate of drug-likeness (QED) is 0.262. The Bertz CT molecular complexity index is 1750. The van der Waals surface area contributed by atoms with Crippen molar-refractivity contribution in [1.29, 1.82) is 0 Å². The maximum Gasteiger partial charge on any atom is 0.329 e. The Balaban J connectivity index is 1.53. The van der Waals surface area contributed by atoms with Crippen molar-refractivity contribution in [2.24, 2.45) is 0 Å². The van der Waals surface area contributed by atoms with Crippen LogP contribution in [0.25, 0.3) is 44.2 Å². The Hall–Kier alpha value is -4.24. The third-order valence-electron chi connectivity index (χ3n) is 7.26. The predicted octanol–water partition coefficient (Wildman–Crippen LogP) is 6.49. The minimum absolute atomic E-state index is 0.0959. The lowest BCUT2D eigenvalue weighted by molar-refractivity contribution is 0.669. The van der Waals surface area contributed by atoms with Crippen molar-refractivity contribution in [3.8, 4) is 22.3 Å². The first-order valence-corrected chi connectivity index (χ1v) is 11.4. The van der Waals surface area contributed by atoms with Crippen LogP contribution in [0.2, 0.25) is 0 Å². The van der Waals surface area contributed by atoms with Crippen LogP contribution in [-0.2, 0) is 0 Å². The number of rotatable bonds is 0. The van der Waals surface area contributed by atoms with E-state index >= 15 is 0 Å². The number of benzene rings is 5. The summed E-state index contributed by atoms with van der Waals surface area (Å²) in [6.07, 6.45) is 0. The van der Waals surface area contributed by atoms with Gasteiger partial charge in [0.25, 0.3) is 0 Å². The Kier molecular flexibility index (Phi) is 3.24. The summed E-state index contributed by atoms with van der Waals surface area (Å²) in [5.41, 5.74) is 12.2. The van der Waals surface area contributed by atoms with Crippen molar-refractivity contribution in [2.45, 2.75) is 0 Å². The third-order valence-corrected chi connectivity index (χ3v) is 7.26. The molecule has 3 heteroatoms. The number of anilines is 2. The van der Waals surface area contributed by atoms with Crippen LogP contribution in [0, 0.1) is 0 Å². The van der Waals surface area contributed by atoms with E-state index in [1.807, 2.05) is 6.07 Å². The van der Waals surface area contributed by atoms with E-state index in [1.54, 1.807) is 0 Å². The zero-order chi connectivity index (χ0) is 21.5. The fraction of sp³-hybridized carbons (Fsp3) is 0. The lowest BCUT2D eigenvalue weighted by atomic mass is 9.43. The van der Waals surface area contributed by atoms with E-state index in [1.165, 1.54) is 55.3 Å². The number of para-hydroxylation sites is 3. The normalized spacial score (nSPS) is 13.3. The van der Waals surface area contributed by atoms with Crippen LogP contribution in [0.4, 0.5) is 11.4 Å². The van der Waals surface area contributed by atoms with Gasteiger partial charge in [0.05, 0.1) is 0 Å². The molecule has 0 bridgehead atoms. The number of hydrogen-bond donors (Lipinski definition) is 0. The molecule has 0 unspecified atom stereocenters. The van der Waals surface area contributed by atoms with Crippen LogP contribution in [0.5, 0.6) is 0 Å². The molecule has 6 aromatic rings. The molecule has 0 amide bonds. The van der Waals surface area contributed by atoms with Crippen molar-refractivity contribution in [1.82, 2.24) is 0 Å². The SMILES string of the molecule is c1ccc2c(c1)B1c3cc4oc5ccccc5c4cc3-c3ccccc3N1c1ccccc1-2. The maximum atomic E-state index is 6.33. The van der Waals surface area contributed by atoms with Crippen molar-refractivity contribution in [3.63, 3.8) is 0 Å². The van der Waals surface area contributed by atoms with Gasteiger partial charge < -0.3 is 9.23 Å². The minimum Gasteiger partial charge on any atom is -0.456 e. The largest absolute Gasteiger partial charge is 0.456 e. The summed E-state index contributed by atoms with van der Waals surface area (Å²) in [5, 5.41) is 2.35. The molecule has 2 nitrogen and oxygen atoms in total. The predicted molar refractivity (Wildman–Crippen MR) is 138 cm³/mol. The number of fused-ring (bicyclic) bond motifs is 14. The van der Waals surface area contributed by atoms with E-state index in [4.69, 9.17) is 4.42 Å². The lowest BCUT2D eigenvalue weighted by Gasteiger charge is -2.43. The summed E-state index contributed by atoms with van der Waals surface area (Å²) in [7, 11) is 0. The van der Waals surface area contributed by atoms with Gasteiger partial charge in [0.2, 0.25) is 0 Å². The van der Waals surface area contributed by atoms with E-state index in [2.05, 4.69) is 108 Å². The zero-order valence-corrected chi connectivity index (χ0v) is 17.8. The van der Waals surface area contributed by atoms with Crippen LogP contribution in [0.15, 0.2) is 114 Å². The molecule has 152 valence electrons. The molecule has 0 fully saturated rings. The van der Waals surface area contributed by atoms with E-state index in [9.17, 15) is 0 Å². The van der Waals surface area contributed by atoms with Gasteiger partial charge in [-0.25, -0.2) is 0 Å². The van der Waals surface area contributed by atoms with E-state index in [0.29, 0.717) is 0 Å². The van der Waals surface area contributed by atoms with E-state index in [-0.39, 0.29) is 6.85 Å². The summed E-state index contributed by atoms with van der Waals surface area (Å²) < 4.78 is 6.33. The van der Waals surface area contributed by atoms with Crippen LogP contribution in [-0.4, -0.2) is 6.85 Å². The standard InChI is InChI=1S/C30H18BNO/c1-5-13-25-19(9-1)20-10-2-6-14-27(20)32-28-15-7-3-11-21(28)23-17-24-22-12-4-8-16-29(22)33-30(24)18-26(23)31(25)32/h1-18H. The highest BCUT2D eigenvalue weighted by atomic mass is 16.3. The third kappa shape index (κ3) is 2.19. The Morgan fingerprint density at radius 3 is 1.94 bits per heavy atom. The molecule has 0 atom stereocenters. The summed E-state index contributed by atoms with van der Waals surface area (Å²) in [4.78, 5) is 2.52. The smallest absolute Gasteiger partial charge is 0.329 e. The second-order valence-electron chi connectivity index (χ2n) is 8.93. The molecule has 0 saturated carbocycles. The molecule has 0 saturated heterocycles. The highest BCUT2D eigenvalue weighted by Crippen LogP contribution is 2.46. The molecule has 3 heterocycles. The second kappa shape index (κ2) is 6.17. The number of furan rings is 1. The van der Waals surface area contributed by atoms with Gasteiger partial charge >= 0.3 is 6.85 Å². The highest BCUT2D eigenvalue weighted by Gasteiger charge is 2.42. The van der Waals surface area contributed by atoms with Crippen molar-refractivity contribution < 1.29 is 4.42 Å². The average molecular weight is 419 g/mol. The van der Waals surface area contributed by atoms with Gasteiger partial charge in [-0.15, -0.1) is 0 Å². The first-order valence-electron chi connectivity index (χ1n) is 11.4. The maximum absolute atomic E-state index is 6.33. The molecule has 0 radical (unpaired) electrons. The van der Waals surface area contributed by atoms with Crippen LogP contribution in [0.3, 0.4) is 0 Å². The molecule has 2 aliphatic heterocycles. The first-order chi connectivity index (χ1) is 16.4. The molecule has 0 aliphatic carbocycles. The summed E-state index contributed by atoms with van der Waals surface area (Å²) in [6, 6.07) is 39.4. The number of hydrogen-bond acceptors (Lipinski definition) is 2. The molecule has 33 heavy (non-hydrogen) atoms. The Morgan fingerprint density at radius 1 is 0.485 bits per heavy atom. The molecule has 2 aliphatic rings. The van der Waals surface area contributed by atoms with Crippen LogP contribution < -0.4 is 15.7 Å². The molecule has 8 rings (SSSR count). The molecule has 0 N–H and O–H groups in total. The molecule has 5 aromatic carbocycles. The zero-order valence-electron chi connectivity index (χ0n) is 17.8. The van der Waals surface area contributed by atoms with E-state index in [0.717, 1.165) is 11.2 Å². The summed E-state index contributed by atoms with van der Waals surface area (Å²) in [6.45, 7) is 0.0959. The van der Waals surface area contributed by atoms with Crippen molar-refractivity contribution in [3.05, 3.63) is 109 Å². The van der Waals surface area contributed by atoms with Gasteiger partial charge in [-0.2, -0.15) is 0 Å². The summed E-state index contributed by atoms with van der Waals surface area (Å²) in [5.74, 6) is 0. The topological polar surface area (TPSA) is 16.4 Å². The highest BCUT2D eigenvalue weighted by molar-refractivity contribution is 6.92. The van der Waals surface area contributed by atoms with Gasteiger partial charge in [-0.3, -0.25) is 0 Å². The summed E-state index contributed by atoms with van der Waals surface area (Å²) >= 11 is 0. The van der Waals surface area contributed by atoms with Gasteiger partial charge in [0, 0.05) is 33.3 Å². The number of nitrogens with zero attached hydrogens (tertiary/aromatic N) is 1. The molecular formula is C30H18BNO. The first kappa shape index (κ1) is 17.3. The Morgan fingerprint density at radius 2 is 1.12 bits per heavy atom. The van der Waals surface area contributed by atoms with Crippen LogP contribution >= 0.6 is 0 Å². The average Bonchev–Trinajstić information content (AvgIpc) is 3.25. The minimum atomic E-state index is 0.0959. The van der Waals surface area contributed by atoms with Gasteiger partial charge in [-0.1, -0.05) is 78.9 Å². The Labute approximate surface area is 191 Å². The van der Waals surface area contributed by atoms with Crippen molar-refractivity contribution in [2.75, 3.05) is 4.81 Å². The molecular weight excluding hydrogens is 401 g/mol. The lowest BCUT2D eigenvalue weighted by Crippen LogP contribution is -2.59. The fourth-order valence-electron chi connectivity index (χ4n) is 5.90.